The SMILES string of the molecule is NC(=O)C1CCCCC1NC(=O)Nc1ccc(C(F)(F)F)nn1. The highest BCUT2D eigenvalue weighted by Crippen LogP contribution is 2.27. The van der Waals surface area contributed by atoms with E-state index in [2.05, 4.69) is 20.8 Å². The summed E-state index contributed by atoms with van der Waals surface area (Å²) in [5.41, 5.74) is 4.16. The predicted molar refractivity (Wildman–Crippen MR) is 74.1 cm³/mol. The minimum atomic E-state index is -4.59. The second-order valence-corrected chi connectivity index (χ2v) is 5.30. The van der Waals surface area contributed by atoms with Crippen molar-refractivity contribution >= 4 is 17.8 Å². The number of carbonyl (C=O) groups is 2. The van der Waals surface area contributed by atoms with Crippen LogP contribution in [0.1, 0.15) is 31.4 Å². The summed E-state index contributed by atoms with van der Waals surface area (Å²) < 4.78 is 37.1. The Morgan fingerprint density at radius 3 is 2.43 bits per heavy atom. The lowest BCUT2D eigenvalue weighted by atomic mass is 9.84. The van der Waals surface area contributed by atoms with Gasteiger partial charge in [-0.1, -0.05) is 12.8 Å². The summed E-state index contributed by atoms with van der Waals surface area (Å²) in [4.78, 5) is 23.2. The highest BCUT2D eigenvalue weighted by Gasteiger charge is 2.33. The molecular formula is C13H16F3N5O2. The molecular weight excluding hydrogens is 315 g/mol. The van der Waals surface area contributed by atoms with Gasteiger partial charge < -0.3 is 11.1 Å². The fourth-order valence-electron chi connectivity index (χ4n) is 2.52. The molecule has 2 atom stereocenters. The zero-order chi connectivity index (χ0) is 17.0. The molecule has 1 aromatic rings. The van der Waals surface area contributed by atoms with Crippen molar-refractivity contribution in [2.45, 2.75) is 37.9 Å². The molecule has 0 spiro atoms. The molecule has 1 saturated carbocycles. The molecule has 1 heterocycles. The first-order valence-electron chi connectivity index (χ1n) is 7.05. The van der Waals surface area contributed by atoms with Crippen LogP contribution in [0.25, 0.3) is 0 Å². The number of nitrogens with one attached hydrogen (secondary N) is 2. The van der Waals surface area contributed by atoms with Crippen molar-refractivity contribution in [1.82, 2.24) is 15.5 Å². The number of nitrogens with two attached hydrogens (primary N) is 1. The fraction of sp³-hybridized carbons (Fsp3) is 0.538. The first-order chi connectivity index (χ1) is 10.8. The average Bonchev–Trinajstić information content (AvgIpc) is 2.47. The van der Waals surface area contributed by atoms with E-state index in [0.29, 0.717) is 12.8 Å². The van der Waals surface area contributed by atoms with Crippen LogP contribution in [0, 0.1) is 5.92 Å². The molecule has 23 heavy (non-hydrogen) atoms. The van der Waals surface area contributed by atoms with Gasteiger partial charge in [0.15, 0.2) is 11.5 Å². The molecule has 1 aliphatic rings. The van der Waals surface area contributed by atoms with Crippen molar-refractivity contribution in [3.8, 4) is 0 Å². The Bertz CT molecular complexity index is 576. The van der Waals surface area contributed by atoms with Gasteiger partial charge in [0.25, 0.3) is 0 Å². The molecule has 0 radical (unpaired) electrons. The quantitative estimate of drug-likeness (QED) is 0.782. The summed E-state index contributed by atoms with van der Waals surface area (Å²) in [5, 5.41) is 11.2. The molecule has 4 N–H and O–H groups in total. The van der Waals surface area contributed by atoms with Gasteiger partial charge in [-0.15, -0.1) is 10.2 Å². The van der Waals surface area contributed by atoms with Gasteiger partial charge >= 0.3 is 12.2 Å². The maximum Gasteiger partial charge on any atom is 0.435 e. The molecule has 0 saturated heterocycles. The minimum Gasteiger partial charge on any atom is -0.369 e. The van der Waals surface area contributed by atoms with Crippen LogP contribution in [-0.2, 0) is 11.0 Å². The molecule has 0 aromatic carbocycles. The first-order valence-corrected chi connectivity index (χ1v) is 7.05. The lowest BCUT2D eigenvalue weighted by Crippen LogP contribution is -2.48. The van der Waals surface area contributed by atoms with Gasteiger partial charge in [0.1, 0.15) is 0 Å². The van der Waals surface area contributed by atoms with Gasteiger partial charge in [-0.25, -0.2) is 4.79 Å². The van der Waals surface area contributed by atoms with E-state index in [-0.39, 0.29) is 5.82 Å². The van der Waals surface area contributed by atoms with Crippen molar-refractivity contribution in [3.63, 3.8) is 0 Å². The van der Waals surface area contributed by atoms with Crippen molar-refractivity contribution in [2.24, 2.45) is 11.7 Å². The van der Waals surface area contributed by atoms with E-state index in [4.69, 9.17) is 5.73 Å². The van der Waals surface area contributed by atoms with Crippen molar-refractivity contribution < 1.29 is 22.8 Å². The number of aromatic nitrogens is 2. The number of alkyl halides is 3. The first kappa shape index (κ1) is 17.0. The highest BCUT2D eigenvalue weighted by molar-refractivity contribution is 5.89. The summed E-state index contributed by atoms with van der Waals surface area (Å²) >= 11 is 0. The van der Waals surface area contributed by atoms with Crippen LogP contribution in [0.2, 0.25) is 0 Å². The van der Waals surface area contributed by atoms with E-state index >= 15 is 0 Å². The Morgan fingerprint density at radius 1 is 1.17 bits per heavy atom. The molecule has 1 fully saturated rings. The fourth-order valence-corrected chi connectivity index (χ4v) is 2.52. The summed E-state index contributed by atoms with van der Waals surface area (Å²) in [5.74, 6) is -1.06. The average molecular weight is 331 g/mol. The summed E-state index contributed by atoms with van der Waals surface area (Å²) in [6.07, 6.45) is -1.67. The Kier molecular flexibility index (Phi) is 5.02. The summed E-state index contributed by atoms with van der Waals surface area (Å²) in [6, 6.07) is 0.651. The maximum atomic E-state index is 12.4. The van der Waals surface area contributed by atoms with E-state index in [1.165, 1.54) is 0 Å². The van der Waals surface area contributed by atoms with Gasteiger partial charge in [-0.05, 0) is 25.0 Å². The Balaban J connectivity index is 1.95. The van der Waals surface area contributed by atoms with Crippen LogP contribution >= 0.6 is 0 Å². The number of hydrogen-bond acceptors (Lipinski definition) is 4. The molecule has 2 rings (SSSR count). The van der Waals surface area contributed by atoms with Crippen LogP contribution in [0.4, 0.5) is 23.8 Å². The van der Waals surface area contributed by atoms with Crippen molar-refractivity contribution in [3.05, 3.63) is 17.8 Å². The molecule has 0 aliphatic heterocycles. The van der Waals surface area contributed by atoms with E-state index in [1.807, 2.05) is 0 Å². The third-order valence-electron chi connectivity index (χ3n) is 3.64. The van der Waals surface area contributed by atoms with Gasteiger partial charge in [0.2, 0.25) is 5.91 Å². The number of primary amides is 1. The van der Waals surface area contributed by atoms with Gasteiger partial charge in [0, 0.05) is 6.04 Å². The molecule has 1 aliphatic carbocycles. The van der Waals surface area contributed by atoms with Crippen LogP contribution in [0.5, 0.6) is 0 Å². The van der Waals surface area contributed by atoms with E-state index < -0.39 is 35.8 Å². The van der Waals surface area contributed by atoms with Crippen molar-refractivity contribution in [1.29, 1.82) is 0 Å². The second-order valence-electron chi connectivity index (χ2n) is 5.30. The molecule has 1 aromatic heterocycles. The molecule has 2 unspecified atom stereocenters. The number of nitrogens with zero attached hydrogens (tertiary/aromatic N) is 2. The third kappa shape index (κ3) is 4.54. The number of carbonyl (C=O) groups excluding carboxylic acids is 2. The number of rotatable bonds is 3. The van der Waals surface area contributed by atoms with Gasteiger partial charge in [-0.3, -0.25) is 10.1 Å². The summed E-state index contributed by atoms with van der Waals surface area (Å²) in [6.45, 7) is 0. The molecule has 10 heteroatoms. The standard InChI is InChI=1S/C13H16F3N5O2/c14-13(15,16)9-5-6-10(21-20-9)19-12(23)18-8-4-2-1-3-7(8)11(17)22/h5-8H,1-4H2,(H2,17,22)(H2,18,19,21,23). The van der Waals surface area contributed by atoms with Crippen molar-refractivity contribution in [2.75, 3.05) is 5.32 Å². The van der Waals surface area contributed by atoms with Crippen LogP contribution < -0.4 is 16.4 Å². The second kappa shape index (κ2) is 6.80. The molecule has 126 valence electrons. The zero-order valence-corrected chi connectivity index (χ0v) is 12.1. The van der Waals surface area contributed by atoms with Gasteiger partial charge in [-0.2, -0.15) is 13.2 Å². The largest absolute Gasteiger partial charge is 0.435 e. The molecule has 3 amide bonds. The van der Waals surface area contributed by atoms with E-state index in [1.54, 1.807) is 0 Å². The summed E-state index contributed by atoms with van der Waals surface area (Å²) in [7, 11) is 0. The number of urea groups is 1. The minimum absolute atomic E-state index is 0.123. The third-order valence-corrected chi connectivity index (χ3v) is 3.64. The predicted octanol–water partition coefficient (Wildman–Crippen LogP) is 1.66. The molecule has 0 bridgehead atoms. The van der Waals surface area contributed by atoms with E-state index in [9.17, 15) is 22.8 Å². The van der Waals surface area contributed by atoms with Crippen LogP contribution in [0.15, 0.2) is 12.1 Å². The highest BCUT2D eigenvalue weighted by atomic mass is 19.4. The molecule has 7 nitrogen and oxygen atoms in total. The number of halogens is 3. The van der Waals surface area contributed by atoms with E-state index in [0.717, 1.165) is 25.0 Å². The number of hydrogen-bond donors (Lipinski definition) is 3. The van der Waals surface area contributed by atoms with Crippen LogP contribution in [0.3, 0.4) is 0 Å². The Hall–Kier alpha value is -2.39. The lowest BCUT2D eigenvalue weighted by Gasteiger charge is -2.29. The smallest absolute Gasteiger partial charge is 0.369 e. The Labute approximate surface area is 129 Å². The zero-order valence-electron chi connectivity index (χ0n) is 12.1. The Morgan fingerprint density at radius 2 is 1.87 bits per heavy atom. The lowest BCUT2D eigenvalue weighted by molar-refractivity contribution is -0.141. The number of anilines is 1. The monoisotopic (exact) mass is 331 g/mol. The van der Waals surface area contributed by atoms with Gasteiger partial charge in [0.05, 0.1) is 5.92 Å². The van der Waals surface area contributed by atoms with Crippen LogP contribution in [-0.4, -0.2) is 28.2 Å². The maximum absolute atomic E-state index is 12.4. The number of amides is 3. The normalized spacial score (nSPS) is 21.5. The topological polar surface area (TPSA) is 110 Å².